The molecule has 1 aliphatic heterocycles. The van der Waals surface area contributed by atoms with Crippen LogP contribution in [0.2, 0.25) is 0 Å². The van der Waals surface area contributed by atoms with Crippen molar-refractivity contribution in [1.82, 2.24) is 15.1 Å². The molecule has 0 aromatic carbocycles. The largest absolute Gasteiger partial charge is 0.295 e. The third-order valence-electron chi connectivity index (χ3n) is 3.09. The van der Waals surface area contributed by atoms with Gasteiger partial charge in [0.2, 0.25) is 0 Å². The fourth-order valence-corrected chi connectivity index (χ4v) is 2.48. The number of rotatable bonds is 3. The Morgan fingerprint density at radius 3 is 3.07 bits per heavy atom. The molecule has 1 aliphatic rings. The molecule has 2 rings (SSSR count). The van der Waals surface area contributed by atoms with Crippen molar-refractivity contribution in [3.05, 3.63) is 18.0 Å². The smallest absolute Gasteiger partial charge is 0.0523 e. The number of piperidine rings is 1. The van der Waals surface area contributed by atoms with Crippen LogP contribution < -0.4 is 0 Å². The summed E-state index contributed by atoms with van der Waals surface area (Å²) >= 11 is 0. The highest BCUT2D eigenvalue weighted by Crippen LogP contribution is 2.29. The monoisotopic (exact) mass is 207 g/mol. The predicted molar refractivity (Wildman–Crippen MR) is 61.6 cm³/mol. The molecule has 0 unspecified atom stereocenters. The lowest BCUT2D eigenvalue weighted by Crippen LogP contribution is -2.36. The van der Waals surface area contributed by atoms with E-state index in [0.717, 1.165) is 5.92 Å². The van der Waals surface area contributed by atoms with Crippen LogP contribution in [0.3, 0.4) is 0 Å². The topological polar surface area (TPSA) is 31.9 Å². The van der Waals surface area contributed by atoms with Gasteiger partial charge in [0.05, 0.1) is 11.7 Å². The maximum atomic E-state index is 4.06. The Balaban J connectivity index is 2.06. The number of hydrogen-bond donors (Lipinski definition) is 1. The van der Waals surface area contributed by atoms with Crippen LogP contribution >= 0.6 is 0 Å². The van der Waals surface area contributed by atoms with Gasteiger partial charge in [-0.2, -0.15) is 5.10 Å². The quantitative estimate of drug-likeness (QED) is 0.826. The van der Waals surface area contributed by atoms with Crippen LogP contribution in [-0.2, 0) is 0 Å². The number of likely N-dealkylation sites (tertiary alicyclic amines) is 1. The van der Waals surface area contributed by atoms with E-state index in [1.807, 2.05) is 6.20 Å². The fraction of sp³-hybridized carbons (Fsp3) is 0.750. The van der Waals surface area contributed by atoms with E-state index in [-0.39, 0.29) is 0 Å². The van der Waals surface area contributed by atoms with E-state index >= 15 is 0 Å². The summed E-state index contributed by atoms with van der Waals surface area (Å²) in [6.07, 6.45) is 5.82. The molecule has 0 bridgehead atoms. The Kier molecular flexibility index (Phi) is 3.41. The van der Waals surface area contributed by atoms with E-state index in [9.17, 15) is 0 Å². The molecule has 1 saturated heterocycles. The lowest BCUT2D eigenvalue weighted by molar-refractivity contribution is 0.129. The molecular formula is C12H21N3. The zero-order chi connectivity index (χ0) is 10.7. The Morgan fingerprint density at radius 1 is 1.53 bits per heavy atom. The van der Waals surface area contributed by atoms with Crippen molar-refractivity contribution >= 4 is 0 Å². The van der Waals surface area contributed by atoms with Gasteiger partial charge in [0.1, 0.15) is 0 Å². The van der Waals surface area contributed by atoms with E-state index in [4.69, 9.17) is 0 Å². The zero-order valence-corrected chi connectivity index (χ0v) is 9.74. The molecule has 1 aromatic heterocycles. The summed E-state index contributed by atoms with van der Waals surface area (Å²) in [6.45, 7) is 7.02. The molecule has 2 heterocycles. The van der Waals surface area contributed by atoms with Gasteiger partial charge in [-0.15, -0.1) is 0 Å². The molecule has 0 spiro atoms. The van der Waals surface area contributed by atoms with Crippen LogP contribution in [0.25, 0.3) is 0 Å². The van der Waals surface area contributed by atoms with Crippen molar-refractivity contribution in [2.75, 3.05) is 13.1 Å². The van der Waals surface area contributed by atoms with Crippen molar-refractivity contribution in [2.24, 2.45) is 5.92 Å². The molecule has 1 fully saturated rings. The van der Waals surface area contributed by atoms with Gasteiger partial charge in [0.15, 0.2) is 0 Å². The number of nitrogens with one attached hydrogen (secondary N) is 1. The summed E-state index contributed by atoms with van der Waals surface area (Å²) in [5.41, 5.74) is 1.29. The highest BCUT2D eigenvalue weighted by atomic mass is 15.2. The average molecular weight is 207 g/mol. The lowest BCUT2D eigenvalue weighted by atomic mass is 9.98. The van der Waals surface area contributed by atoms with Crippen LogP contribution in [0.15, 0.2) is 12.3 Å². The summed E-state index contributed by atoms with van der Waals surface area (Å²) in [7, 11) is 0. The van der Waals surface area contributed by atoms with Gasteiger partial charge in [0, 0.05) is 12.7 Å². The van der Waals surface area contributed by atoms with Gasteiger partial charge in [-0.05, 0) is 31.4 Å². The van der Waals surface area contributed by atoms with Gasteiger partial charge in [-0.1, -0.05) is 20.3 Å². The summed E-state index contributed by atoms with van der Waals surface area (Å²) < 4.78 is 0. The molecule has 3 nitrogen and oxygen atoms in total. The molecule has 1 aromatic rings. The summed E-state index contributed by atoms with van der Waals surface area (Å²) in [4.78, 5) is 2.60. The fourth-order valence-electron chi connectivity index (χ4n) is 2.48. The minimum atomic E-state index is 0.573. The van der Waals surface area contributed by atoms with Gasteiger partial charge >= 0.3 is 0 Å². The molecule has 0 amide bonds. The summed E-state index contributed by atoms with van der Waals surface area (Å²) in [5.74, 6) is 0.744. The van der Waals surface area contributed by atoms with Crippen LogP contribution in [0.1, 0.15) is 44.8 Å². The Labute approximate surface area is 91.9 Å². The van der Waals surface area contributed by atoms with E-state index < -0.39 is 0 Å². The highest BCUT2D eigenvalue weighted by molar-refractivity contribution is 5.06. The third kappa shape index (κ3) is 2.59. The number of aromatic nitrogens is 2. The van der Waals surface area contributed by atoms with E-state index in [1.54, 1.807) is 0 Å². The molecule has 1 N–H and O–H groups in total. The Hall–Kier alpha value is -0.830. The number of H-pyrrole nitrogens is 1. The first kappa shape index (κ1) is 10.7. The van der Waals surface area contributed by atoms with Crippen molar-refractivity contribution in [3.8, 4) is 0 Å². The first-order chi connectivity index (χ1) is 7.27. The average Bonchev–Trinajstić information content (AvgIpc) is 2.70. The molecule has 84 valence electrons. The summed E-state index contributed by atoms with van der Waals surface area (Å²) in [5, 5.41) is 7.18. The second-order valence-electron chi connectivity index (χ2n) is 4.91. The highest BCUT2D eigenvalue weighted by Gasteiger charge is 2.24. The second kappa shape index (κ2) is 4.79. The van der Waals surface area contributed by atoms with E-state index in [0.29, 0.717) is 6.04 Å². The van der Waals surface area contributed by atoms with Gasteiger partial charge < -0.3 is 0 Å². The first-order valence-corrected chi connectivity index (χ1v) is 6.00. The van der Waals surface area contributed by atoms with Crippen LogP contribution in [-0.4, -0.2) is 28.2 Å². The zero-order valence-electron chi connectivity index (χ0n) is 9.74. The van der Waals surface area contributed by atoms with Gasteiger partial charge in [0.25, 0.3) is 0 Å². The maximum Gasteiger partial charge on any atom is 0.0523 e. The molecular weight excluding hydrogens is 186 g/mol. The minimum Gasteiger partial charge on any atom is -0.295 e. The molecule has 15 heavy (non-hydrogen) atoms. The third-order valence-corrected chi connectivity index (χ3v) is 3.09. The Morgan fingerprint density at radius 2 is 2.40 bits per heavy atom. The maximum absolute atomic E-state index is 4.06. The van der Waals surface area contributed by atoms with E-state index in [2.05, 4.69) is 35.0 Å². The van der Waals surface area contributed by atoms with Crippen molar-refractivity contribution in [3.63, 3.8) is 0 Å². The molecule has 0 saturated carbocycles. The van der Waals surface area contributed by atoms with Crippen molar-refractivity contribution in [2.45, 2.75) is 39.2 Å². The van der Waals surface area contributed by atoms with Crippen LogP contribution in [0, 0.1) is 5.92 Å². The SMILES string of the molecule is CC(C)CN1CCCC[C@@H]1c1ccn[nH]1. The van der Waals surface area contributed by atoms with Crippen LogP contribution in [0.5, 0.6) is 0 Å². The normalized spacial score (nSPS) is 23.5. The minimum absolute atomic E-state index is 0.573. The molecule has 1 atom stereocenters. The van der Waals surface area contributed by atoms with Crippen LogP contribution in [0.4, 0.5) is 0 Å². The molecule has 0 radical (unpaired) electrons. The van der Waals surface area contributed by atoms with Crippen molar-refractivity contribution in [1.29, 1.82) is 0 Å². The van der Waals surface area contributed by atoms with E-state index in [1.165, 1.54) is 38.0 Å². The number of aromatic amines is 1. The Bertz CT molecular complexity index is 279. The second-order valence-corrected chi connectivity index (χ2v) is 4.91. The van der Waals surface area contributed by atoms with Crippen molar-refractivity contribution < 1.29 is 0 Å². The molecule has 3 heteroatoms. The predicted octanol–water partition coefficient (Wildman–Crippen LogP) is 2.59. The first-order valence-electron chi connectivity index (χ1n) is 6.00. The summed E-state index contributed by atoms with van der Waals surface area (Å²) in [6, 6.07) is 2.69. The molecule has 0 aliphatic carbocycles. The van der Waals surface area contributed by atoms with Gasteiger partial charge in [-0.3, -0.25) is 10.00 Å². The lowest BCUT2D eigenvalue weighted by Gasteiger charge is -2.36. The standard InChI is InChI=1S/C12H21N3/c1-10(2)9-15-8-4-3-5-12(15)11-6-7-13-14-11/h6-7,10,12H,3-5,8-9H2,1-2H3,(H,13,14)/t12-/m1/s1. The number of nitrogens with zero attached hydrogens (tertiary/aromatic N) is 2. The number of hydrogen-bond acceptors (Lipinski definition) is 2. The van der Waals surface area contributed by atoms with Gasteiger partial charge in [-0.25, -0.2) is 0 Å².